The largest absolute Gasteiger partial charge is 0.496 e. The van der Waals surface area contributed by atoms with Gasteiger partial charge in [-0.05, 0) is 22.4 Å². The number of rotatable bonds is 3. The number of fused-ring (bicyclic) bond motifs is 1. The Morgan fingerprint density at radius 3 is 2.43 bits per heavy atom. The van der Waals surface area contributed by atoms with Gasteiger partial charge in [-0.3, -0.25) is 0 Å². The van der Waals surface area contributed by atoms with E-state index in [-0.39, 0.29) is 6.29 Å². The number of ether oxygens (including phenoxy) is 3. The molecule has 0 saturated carbocycles. The molecule has 3 aromatic carbocycles. The third kappa shape index (κ3) is 2.48. The lowest BCUT2D eigenvalue weighted by Crippen LogP contribution is -2.02. The molecule has 3 aromatic rings. The molecule has 1 saturated heterocycles. The van der Waals surface area contributed by atoms with E-state index < -0.39 is 0 Å². The lowest BCUT2D eigenvalue weighted by molar-refractivity contribution is -0.0437. The first-order chi connectivity index (χ1) is 11.4. The lowest BCUT2D eigenvalue weighted by Gasteiger charge is -2.19. The first-order valence-electron chi connectivity index (χ1n) is 7.77. The molecule has 1 fully saturated rings. The molecule has 23 heavy (non-hydrogen) atoms. The number of benzene rings is 3. The Kier molecular flexibility index (Phi) is 3.74. The standard InChI is InChI=1S/C20H18O3/c1-21-18-11-5-10-17(20-22-12-13-23-20)19(18)16-9-4-7-14-6-2-3-8-15(14)16/h2-11,20H,12-13H2,1H3. The molecule has 3 heteroatoms. The summed E-state index contributed by atoms with van der Waals surface area (Å²) in [6.45, 7) is 1.24. The van der Waals surface area contributed by atoms with Crippen LogP contribution in [0.2, 0.25) is 0 Å². The molecule has 0 amide bonds. The zero-order chi connectivity index (χ0) is 15.6. The van der Waals surface area contributed by atoms with Crippen LogP contribution in [0.4, 0.5) is 0 Å². The molecule has 0 bridgehead atoms. The van der Waals surface area contributed by atoms with Crippen molar-refractivity contribution in [3.63, 3.8) is 0 Å². The van der Waals surface area contributed by atoms with E-state index in [4.69, 9.17) is 14.2 Å². The van der Waals surface area contributed by atoms with Crippen LogP contribution in [0.15, 0.2) is 60.7 Å². The van der Waals surface area contributed by atoms with E-state index in [1.807, 2.05) is 12.1 Å². The fraction of sp³-hybridized carbons (Fsp3) is 0.200. The second-order valence-electron chi connectivity index (χ2n) is 5.52. The number of methoxy groups -OCH3 is 1. The van der Waals surface area contributed by atoms with Crippen LogP contribution in [0.25, 0.3) is 21.9 Å². The Hall–Kier alpha value is -2.36. The average Bonchev–Trinajstić information content (AvgIpc) is 3.15. The highest BCUT2D eigenvalue weighted by Crippen LogP contribution is 2.41. The maximum atomic E-state index is 5.73. The first kappa shape index (κ1) is 14.2. The summed E-state index contributed by atoms with van der Waals surface area (Å²) in [6, 6.07) is 20.7. The maximum absolute atomic E-state index is 5.73. The molecule has 0 unspecified atom stereocenters. The van der Waals surface area contributed by atoms with Crippen LogP contribution in [0.1, 0.15) is 11.9 Å². The fourth-order valence-corrected chi connectivity index (χ4v) is 3.18. The van der Waals surface area contributed by atoms with Crippen LogP contribution < -0.4 is 4.74 Å². The summed E-state index contributed by atoms with van der Waals surface area (Å²) >= 11 is 0. The van der Waals surface area contributed by atoms with E-state index in [2.05, 4.69) is 48.5 Å². The van der Waals surface area contributed by atoms with Crippen LogP contribution in [-0.4, -0.2) is 20.3 Å². The zero-order valence-corrected chi connectivity index (χ0v) is 13.0. The predicted molar refractivity (Wildman–Crippen MR) is 90.6 cm³/mol. The third-order valence-corrected chi connectivity index (χ3v) is 4.21. The highest BCUT2D eigenvalue weighted by atomic mass is 16.7. The molecule has 0 radical (unpaired) electrons. The van der Waals surface area contributed by atoms with Crippen molar-refractivity contribution in [1.29, 1.82) is 0 Å². The monoisotopic (exact) mass is 306 g/mol. The first-order valence-corrected chi connectivity index (χ1v) is 7.77. The van der Waals surface area contributed by atoms with Gasteiger partial charge in [0.05, 0.1) is 20.3 Å². The summed E-state index contributed by atoms with van der Waals surface area (Å²) in [5, 5.41) is 2.40. The van der Waals surface area contributed by atoms with Gasteiger partial charge in [0.1, 0.15) is 5.75 Å². The fourth-order valence-electron chi connectivity index (χ4n) is 3.18. The average molecular weight is 306 g/mol. The van der Waals surface area contributed by atoms with Gasteiger partial charge in [-0.25, -0.2) is 0 Å². The topological polar surface area (TPSA) is 27.7 Å². The highest BCUT2D eigenvalue weighted by molar-refractivity contribution is 5.98. The lowest BCUT2D eigenvalue weighted by atomic mass is 9.93. The van der Waals surface area contributed by atoms with Crippen molar-refractivity contribution in [1.82, 2.24) is 0 Å². The highest BCUT2D eigenvalue weighted by Gasteiger charge is 2.24. The number of hydrogen-bond donors (Lipinski definition) is 0. The van der Waals surface area contributed by atoms with Crippen LogP contribution in [-0.2, 0) is 9.47 Å². The summed E-state index contributed by atoms with van der Waals surface area (Å²) in [4.78, 5) is 0. The molecule has 4 rings (SSSR count). The Morgan fingerprint density at radius 2 is 1.61 bits per heavy atom. The molecular formula is C20H18O3. The minimum absolute atomic E-state index is 0.334. The molecule has 0 aliphatic carbocycles. The second kappa shape index (κ2) is 6.03. The van der Waals surface area contributed by atoms with Gasteiger partial charge < -0.3 is 14.2 Å². The SMILES string of the molecule is COc1cccc(C2OCCO2)c1-c1cccc2ccccc12. The predicted octanol–water partition coefficient (Wildman–Crippen LogP) is 4.56. The molecule has 1 aliphatic heterocycles. The normalized spacial score (nSPS) is 15.2. The summed E-state index contributed by atoms with van der Waals surface area (Å²) in [6.07, 6.45) is -0.334. The maximum Gasteiger partial charge on any atom is 0.184 e. The van der Waals surface area contributed by atoms with Crippen molar-refractivity contribution in [3.05, 3.63) is 66.2 Å². The van der Waals surface area contributed by atoms with E-state index in [0.29, 0.717) is 13.2 Å². The molecule has 0 aromatic heterocycles. The minimum atomic E-state index is -0.334. The number of hydrogen-bond acceptors (Lipinski definition) is 3. The quantitative estimate of drug-likeness (QED) is 0.710. The Balaban J connectivity index is 1.99. The molecule has 3 nitrogen and oxygen atoms in total. The van der Waals surface area contributed by atoms with Gasteiger partial charge in [0, 0.05) is 11.1 Å². The molecule has 0 spiro atoms. The summed E-state index contributed by atoms with van der Waals surface area (Å²) in [7, 11) is 1.70. The molecule has 0 atom stereocenters. The molecule has 0 N–H and O–H groups in total. The van der Waals surface area contributed by atoms with E-state index >= 15 is 0 Å². The van der Waals surface area contributed by atoms with Crippen LogP contribution in [0.5, 0.6) is 5.75 Å². The van der Waals surface area contributed by atoms with Gasteiger partial charge in [0.2, 0.25) is 0 Å². The Morgan fingerprint density at radius 1 is 0.870 bits per heavy atom. The molecule has 116 valence electrons. The second-order valence-corrected chi connectivity index (χ2v) is 5.52. The smallest absolute Gasteiger partial charge is 0.184 e. The van der Waals surface area contributed by atoms with Crippen molar-refractivity contribution in [3.8, 4) is 16.9 Å². The van der Waals surface area contributed by atoms with Crippen LogP contribution >= 0.6 is 0 Å². The Bertz CT molecular complexity index is 830. The van der Waals surface area contributed by atoms with Gasteiger partial charge in [-0.2, -0.15) is 0 Å². The zero-order valence-electron chi connectivity index (χ0n) is 13.0. The summed E-state index contributed by atoms with van der Waals surface area (Å²) in [5.74, 6) is 0.831. The minimum Gasteiger partial charge on any atom is -0.496 e. The van der Waals surface area contributed by atoms with Gasteiger partial charge in [0.15, 0.2) is 6.29 Å². The van der Waals surface area contributed by atoms with Crippen molar-refractivity contribution >= 4 is 10.8 Å². The molecule has 1 heterocycles. The van der Waals surface area contributed by atoms with E-state index in [1.54, 1.807) is 7.11 Å². The van der Waals surface area contributed by atoms with Gasteiger partial charge >= 0.3 is 0 Å². The van der Waals surface area contributed by atoms with Crippen LogP contribution in [0, 0.1) is 0 Å². The van der Waals surface area contributed by atoms with E-state index in [0.717, 1.165) is 22.4 Å². The van der Waals surface area contributed by atoms with Gasteiger partial charge in [0.25, 0.3) is 0 Å². The van der Waals surface area contributed by atoms with Crippen molar-refractivity contribution in [2.45, 2.75) is 6.29 Å². The third-order valence-electron chi connectivity index (χ3n) is 4.21. The van der Waals surface area contributed by atoms with Crippen molar-refractivity contribution in [2.75, 3.05) is 20.3 Å². The molecule has 1 aliphatic rings. The summed E-state index contributed by atoms with van der Waals surface area (Å²) in [5.41, 5.74) is 3.19. The summed E-state index contributed by atoms with van der Waals surface area (Å²) < 4.78 is 17.1. The van der Waals surface area contributed by atoms with Gasteiger partial charge in [-0.15, -0.1) is 0 Å². The molecular weight excluding hydrogens is 288 g/mol. The Labute approximate surface area is 135 Å². The van der Waals surface area contributed by atoms with E-state index in [9.17, 15) is 0 Å². The van der Waals surface area contributed by atoms with Crippen molar-refractivity contribution < 1.29 is 14.2 Å². The van der Waals surface area contributed by atoms with Crippen LogP contribution in [0.3, 0.4) is 0 Å². The van der Waals surface area contributed by atoms with Gasteiger partial charge in [-0.1, -0.05) is 54.6 Å². The van der Waals surface area contributed by atoms with E-state index in [1.165, 1.54) is 10.8 Å². The van der Waals surface area contributed by atoms with Crippen molar-refractivity contribution in [2.24, 2.45) is 0 Å².